The quantitative estimate of drug-likeness (QED) is 0.766. The average molecular weight is 220 g/mol. The Kier molecular flexibility index (Phi) is 2.88. The van der Waals surface area contributed by atoms with Crippen LogP contribution in [0.4, 0.5) is 0 Å². The molecule has 0 N–H and O–H groups in total. The molecule has 1 aromatic heterocycles. The Balaban J connectivity index is 2.22. The minimum absolute atomic E-state index is 0.660. The van der Waals surface area contributed by atoms with Crippen molar-refractivity contribution in [2.24, 2.45) is 0 Å². The lowest BCUT2D eigenvalue weighted by atomic mass is 10.3. The van der Waals surface area contributed by atoms with Gasteiger partial charge in [0.05, 0.1) is 6.20 Å². The average Bonchev–Trinajstić information content (AvgIpc) is 2.17. The molecule has 3 heteroatoms. The summed E-state index contributed by atoms with van der Waals surface area (Å²) in [6, 6.07) is 9.20. The summed E-state index contributed by atoms with van der Waals surface area (Å²) < 4.78 is 5.59. The molecule has 0 radical (unpaired) electrons. The van der Waals surface area contributed by atoms with E-state index >= 15 is 0 Å². The first-order chi connectivity index (χ1) is 7.24. The molecule has 15 heavy (non-hydrogen) atoms. The Morgan fingerprint density at radius 3 is 2.73 bits per heavy atom. The maximum absolute atomic E-state index is 5.85. The van der Waals surface area contributed by atoms with Crippen LogP contribution in [0.1, 0.15) is 5.56 Å². The van der Waals surface area contributed by atoms with Crippen LogP contribution in [-0.2, 0) is 0 Å². The highest BCUT2D eigenvalue weighted by Gasteiger charge is 1.98. The van der Waals surface area contributed by atoms with Gasteiger partial charge >= 0.3 is 0 Å². The molecule has 2 nitrogen and oxygen atoms in total. The highest BCUT2D eigenvalue weighted by Crippen LogP contribution is 2.23. The van der Waals surface area contributed by atoms with Crippen molar-refractivity contribution in [1.29, 1.82) is 0 Å². The summed E-state index contributed by atoms with van der Waals surface area (Å²) in [7, 11) is 0. The van der Waals surface area contributed by atoms with Crippen molar-refractivity contribution in [3.8, 4) is 11.5 Å². The second-order valence-corrected chi connectivity index (χ2v) is 3.69. The van der Waals surface area contributed by atoms with E-state index in [0.29, 0.717) is 5.02 Å². The number of halogens is 1. The highest BCUT2D eigenvalue weighted by molar-refractivity contribution is 6.30. The summed E-state index contributed by atoms with van der Waals surface area (Å²) in [4.78, 5) is 4.04. The molecule has 0 saturated carbocycles. The number of benzene rings is 1. The van der Waals surface area contributed by atoms with E-state index in [1.54, 1.807) is 18.5 Å². The number of hydrogen-bond acceptors (Lipinski definition) is 2. The van der Waals surface area contributed by atoms with E-state index < -0.39 is 0 Å². The third-order valence-electron chi connectivity index (χ3n) is 1.88. The number of rotatable bonds is 2. The summed E-state index contributed by atoms with van der Waals surface area (Å²) in [5.74, 6) is 1.44. The third kappa shape index (κ3) is 2.70. The maximum Gasteiger partial charge on any atom is 0.145 e. The lowest BCUT2D eigenvalue weighted by Crippen LogP contribution is -1.86. The van der Waals surface area contributed by atoms with E-state index in [9.17, 15) is 0 Å². The molecule has 0 fully saturated rings. The topological polar surface area (TPSA) is 22.1 Å². The van der Waals surface area contributed by atoms with Gasteiger partial charge in [-0.3, -0.25) is 4.98 Å². The van der Waals surface area contributed by atoms with Gasteiger partial charge in [-0.25, -0.2) is 0 Å². The van der Waals surface area contributed by atoms with Crippen LogP contribution in [0.15, 0.2) is 42.7 Å². The zero-order chi connectivity index (χ0) is 10.7. The summed E-state index contributed by atoms with van der Waals surface area (Å²) in [6.07, 6.45) is 3.46. The fraction of sp³-hybridized carbons (Fsp3) is 0.0833. The molecule has 0 bridgehead atoms. The maximum atomic E-state index is 5.85. The molecule has 1 aromatic carbocycles. The molecular weight excluding hydrogens is 210 g/mol. The van der Waals surface area contributed by atoms with Gasteiger partial charge in [0.25, 0.3) is 0 Å². The Morgan fingerprint density at radius 2 is 2.00 bits per heavy atom. The Labute approximate surface area is 93.5 Å². The summed E-state index contributed by atoms with van der Waals surface area (Å²) in [5.41, 5.74) is 1.06. The van der Waals surface area contributed by atoms with E-state index in [2.05, 4.69) is 4.98 Å². The molecule has 1 heterocycles. The first-order valence-electron chi connectivity index (χ1n) is 4.59. The molecule has 0 aliphatic rings. The number of aryl methyl sites for hydroxylation is 1. The van der Waals surface area contributed by atoms with Gasteiger partial charge in [-0.05, 0) is 36.8 Å². The smallest absolute Gasteiger partial charge is 0.145 e. The summed E-state index contributed by atoms with van der Waals surface area (Å²) in [5, 5.41) is 0.660. The lowest BCUT2D eigenvalue weighted by molar-refractivity contribution is 0.480. The molecule has 0 aliphatic carbocycles. The van der Waals surface area contributed by atoms with Gasteiger partial charge in [0.15, 0.2) is 0 Å². The molecular formula is C12H10ClNO. The fourth-order valence-electron chi connectivity index (χ4n) is 1.25. The number of aromatic nitrogens is 1. The van der Waals surface area contributed by atoms with Crippen LogP contribution in [0.3, 0.4) is 0 Å². The standard InChI is InChI=1S/C12H10ClNO/c1-9-5-12(8-14-7-9)15-11-4-2-3-10(13)6-11/h2-8H,1H3. The summed E-state index contributed by atoms with van der Waals surface area (Å²) in [6.45, 7) is 1.97. The van der Waals surface area contributed by atoms with Gasteiger partial charge in [-0.15, -0.1) is 0 Å². The Bertz CT molecular complexity index is 427. The van der Waals surface area contributed by atoms with Crippen molar-refractivity contribution in [1.82, 2.24) is 4.98 Å². The molecule has 0 amide bonds. The van der Waals surface area contributed by atoms with Crippen LogP contribution in [0.25, 0.3) is 0 Å². The molecule has 2 aromatic rings. The Hall–Kier alpha value is -1.54. The van der Waals surface area contributed by atoms with E-state index in [1.807, 2.05) is 31.2 Å². The second kappa shape index (κ2) is 4.32. The number of ether oxygens (including phenoxy) is 1. The van der Waals surface area contributed by atoms with Gasteiger partial charge < -0.3 is 4.74 Å². The van der Waals surface area contributed by atoms with E-state index in [4.69, 9.17) is 16.3 Å². The predicted octanol–water partition coefficient (Wildman–Crippen LogP) is 3.84. The molecule has 76 valence electrons. The van der Waals surface area contributed by atoms with E-state index in [0.717, 1.165) is 17.1 Å². The van der Waals surface area contributed by atoms with Gasteiger partial charge in [-0.2, -0.15) is 0 Å². The number of pyridine rings is 1. The number of nitrogens with zero attached hydrogens (tertiary/aromatic N) is 1. The normalized spacial score (nSPS) is 10.0. The molecule has 0 spiro atoms. The van der Waals surface area contributed by atoms with E-state index in [1.165, 1.54) is 0 Å². The van der Waals surface area contributed by atoms with Crippen molar-refractivity contribution in [2.75, 3.05) is 0 Å². The molecule has 0 atom stereocenters. The molecule has 0 unspecified atom stereocenters. The Morgan fingerprint density at radius 1 is 1.13 bits per heavy atom. The zero-order valence-electron chi connectivity index (χ0n) is 8.27. The second-order valence-electron chi connectivity index (χ2n) is 3.26. The minimum atomic E-state index is 0.660. The van der Waals surface area contributed by atoms with Gasteiger partial charge in [0.2, 0.25) is 0 Å². The van der Waals surface area contributed by atoms with Crippen molar-refractivity contribution in [3.05, 3.63) is 53.3 Å². The third-order valence-corrected chi connectivity index (χ3v) is 2.12. The first-order valence-corrected chi connectivity index (χ1v) is 4.97. The van der Waals surface area contributed by atoms with Crippen molar-refractivity contribution in [2.45, 2.75) is 6.92 Å². The monoisotopic (exact) mass is 219 g/mol. The van der Waals surface area contributed by atoms with Gasteiger partial charge in [0, 0.05) is 11.2 Å². The van der Waals surface area contributed by atoms with Crippen LogP contribution in [0.5, 0.6) is 11.5 Å². The fourth-order valence-corrected chi connectivity index (χ4v) is 1.43. The van der Waals surface area contributed by atoms with Crippen LogP contribution in [0, 0.1) is 6.92 Å². The lowest BCUT2D eigenvalue weighted by Gasteiger charge is -2.05. The van der Waals surface area contributed by atoms with Crippen molar-refractivity contribution in [3.63, 3.8) is 0 Å². The molecule has 0 aliphatic heterocycles. The summed E-state index contributed by atoms with van der Waals surface area (Å²) >= 11 is 5.85. The SMILES string of the molecule is Cc1cncc(Oc2cccc(Cl)c2)c1. The molecule has 0 saturated heterocycles. The van der Waals surface area contributed by atoms with Crippen molar-refractivity contribution < 1.29 is 4.74 Å². The van der Waals surface area contributed by atoms with Crippen molar-refractivity contribution >= 4 is 11.6 Å². The first kappa shape index (κ1) is 9.99. The van der Waals surface area contributed by atoms with Crippen LogP contribution in [0.2, 0.25) is 5.02 Å². The largest absolute Gasteiger partial charge is 0.456 e. The van der Waals surface area contributed by atoms with Crippen LogP contribution >= 0.6 is 11.6 Å². The minimum Gasteiger partial charge on any atom is -0.456 e. The number of hydrogen-bond donors (Lipinski definition) is 0. The molecule has 2 rings (SSSR count). The highest BCUT2D eigenvalue weighted by atomic mass is 35.5. The van der Waals surface area contributed by atoms with E-state index in [-0.39, 0.29) is 0 Å². The van der Waals surface area contributed by atoms with Gasteiger partial charge in [-0.1, -0.05) is 17.7 Å². The van der Waals surface area contributed by atoms with Gasteiger partial charge in [0.1, 0.15) is 11.5 Å². The predicted molar refractivity (Wildman–Crippen MR) is 60.5 cm³/mol. The van der Waals surface area contributed by atoms with Crippen LogP contribution in [-0.4, -0.2) is 4.98 Å². The van der Waals surface area contributed by atoms with Crippen LogP contribution < -0.4 is 4.74 Å². The zero-order valence-corrected chi connectivity index (χ0v) is 9.03.